The highest BCUT2D eigenvalue weighted by atomic mass is 16.2. The fourth-order valence-electron chi connectivity index (χ4n) is 1.72. The summed E-state index contributed by atoms with van der Waals surface area (Å²) in [6, 6.07) is 0. The zero-order chi connectivity index (χ0) is 11.2. The molecule has 0 aromatic carbocycles. The Morgan fingerprint density at radius 2 is 2.07 bits per heavy atom. The molecule has 4 heteroatoms. The Kier molecular flexibility index (Phi) is 2.10. The molecule has 1 aromatic heterocycles. The number of amides is 1. The molecule has 15 heavy (non-hydrogen) atoms. The molecule has 1 aliphatic rings. The van der Waals surface area contributed by atoms with Gasteiger partial charge in [-0.2, -0.15) is 5.10 Å². The van der Waals surface area contributed by atoms with Gasteiger partial charge in [0.25, 0.3) is 0 Å². The molecule has 0 atom stereocenters. The molecule has 1 aromatic rings. The van der Waals surface area contributed by atoms with Crippen molar-refractivity contribution in [3.8, 4) is 0 Å². The van der Waals surface area contributed by atoms with Gasteiger partial charge in [0.1, 0.15) is 0 Å². The molecule has 2 rings (SSSR count). The maximum Gasteiger partial charge on any atom is 0.220 e. The van der Waals surface area contributed by atoms with E-state index in [-0.39, 0.29) is 11.4 Å². The molecule has 0 spiro atoms. The average Bonchev–Trinajstić information content (AvgIpc) is 2.55. The van der Waals surface area contributed by atoms with Crippen LogP contribution >= 0.6 is 0 Å². The highest BCUT2D eigenvalue weighted by Gasteiger charge is 2.26. The van der Waals surface area contributed by atoms with Crippen LogP contribution in [0.25, 0.3) is 0 Å². The smallest absolute Gasteiger partial charge is 0.220 e. The third-order valence-electron chi connectivity index (χ3n) is 2.71. The van der Waals surface area contributed by atoms with Gasteiger partial charge in [0.2, 0.25) is 5.91 Å². The first-order chi connectivity index (χ1) is 6.88. The summed E-state index contributed by atoms with van der Waals surface area (Å²) in [7, 11) is 0. The average molecular weight is 207 g/mol. The van der Waals surface area contributed by atoms with E-state index in [2.05, 4.69) is 32.1 Å². The fraction of sp³-hybridized carbons (Fsp3) is 0.636. The van der Waals surface area contributed by atoms with Crippen molar-refractivity contribution in [3.63, 3.8) is 0 Å². The van der Waals surface area contributed by atoms with Crippen LogP contribution in [0.3, 0.4) is 0 Å². The predicted octanol–water partition coefficient (Wildman–Crippen LogP) is 1.50. The van der Waals surface area contributed by atoms with Gasteiger partial charge in [0, 0.05) is 25.2 Å². The number of rotatable bonds is 0. The summed E-state index contributed by atoms with van der Waals surface area (Å²) in [6.07, 6.45) is 2.05. The summed E-state index contributed by atoms with van der Waals surface area (Å²) < 4.78 is 1.98. The van der Waals surface area contributed by atoms with E-state index in [0.717, 1.165) is 5.69 Å². The molecule has 0 aliphatic carbocycles. The van der Waals surface area contributed by atoms with E-state index in [1.165, 1.54) is 5.56 Å². The summed E-state index contributed by atoms with van der Waals surface area (Å²) >= 11 is 0. The standard InChI is InChI=1S/C11H17N3O/c1-8(15)13-5-9-6-14(11(2,3)4)12-10(9)7-13/h6H,5,7H2,1-4H3. The van der Waals surface area contributed by atoms with E-state index in [9.17, 15) is 4.79 Å². The van der Waals surface area contributed by atoms with Crippen molar-refractivity contribution < 1.29 is 4.79 Å². The molecule has 0 saturated carbocycles. The molecule has 0 bridgehead atoms. The topological polar surface area (TPSA) is 38.1 Å². The zero-order valence-electron chi connectivity index (χ0n) is 9.74. The Bertz CT molecular complexity index is 377. The summed E-state index contributed by atoms with van der Waals surface area (Å²) in [5.41, 5.74) is 2.24. The van der Waals surface area contributed by atoms with Crippen molar-refractivity contribution in [2.45, 2.75) is 46.3 Å². The Morgan fingerprint density at radius 1 is 1.40 bits per heavy atom. The van der Waals surface area contributed by atoms with Gasteiger partial charge in [0.05, 0.1) is 17.8 Å². The lowest BCUT2D eigenvalue weighted by molar-refractivity contribution is -0.129. The molecule has 0 unspecified atom stereocenters. The lowest BCUT2D eigenvalue weighted by Crippen LogP contribution is -2.25. The minimum atomic E-state index is 0.0192. The molecule has 0 saturated heterocycles. The lowest BCUT2D eigenvalue weighted by atomic mass is 10.1. The van der Waals surface area contributed by atoms with E-state index in [1.807, 2.05) is 9.58 Å². The van der Waals surface area contributed by atoms with Crippen LogP contribution in [0, 0.1) is 0 Å². The molecule has 1 aliphatic heterocycles. The Labute approximate surface area is 89.9 Å². The van der Waals surface area contributed by atoms with Crippen LogP contribution in [-0.4, -0.2) is 20.6 Å². The third kappa shape index (κ3) is 1.76. The van der Waals surface area contributed by atoms with Gasteiger partial charge in [-0.3, -0.25) is 9.48 Å². The normalized spacial score (nSPS) is 15.6. The maximum atomic E-state index is 11.2. The number of carbonyl (C=O) groups excluding carboxylic acids is 1. The summed E-state index contributed by atoms with van der Waals surface area (Å²) in [5.74, 6) is 0.121. The number of carbonyl (C=O) groups is 1. The number of fused-ring (bicyclic) bond motifs is 1. The first-order valence-corrected chi connectivity index (χ1v) is 5.21. The Hall–Kier alpha value is -1.32. The third-order valence-corrected chi connectivity index (χ3v) is 2.71. The van der Waals surface area contributed by atoms with Gasteiger partial charge in [-0.05, 0) is 20.8 Å². The fourth-order valence-corrected chi connectivity index (χ4v) is 1.72. The van der Waals surface area contributed by atoms with E-state index in [0.29, 0.717) is 13.1 Å². The highest BCUT2D eigenvalue weighted by Crippen LogP contribution is 2.24. The highest BCUT2D eigenvalue weighted by molar-refractivity contribution is 5.73. The van der Waals surface area contributed by atoms with Crippen molar-refractivity contribution in [1.29, 1.82) is 0 Å². The molecule has 1 amide bonds. The van der Waals surface area contributed by atoms with Gasteiger partial charge >= 0.3 is 0 Å². The van der Waals surface area contributed by atoms with E-state index in [1.54, 1.807) is 6.92 Å². The molecule has 0 fully saturated rings. The maximum absolute atomic E-state index is 11.2. The van der Waals surface area contributed by atoms with Gasteiger partial charge in [-0.25, -0.2) is 0 Å². The largest absolute Gasteiger partial charge is 0.332 e. The van der Waals surface area contributed by atoms with Crippen LogP contribution in [0.1, 0.15) is 39.0 Å². The monoisotopic (exact) mass is 207 g/mol. The van der Waals surface area contributed by atoms with Crippen LogP contribution in [0.2, 0.25) is 0 Å². The van der Waals surface area contributed by atoms with Gasteiger partial charge < -0.3 is 4.90 Å². The van der Waals surface area contributed by atoms with Crippen LogP contribution in [-0.2, 0) is 23.4 Å². The van der Waals surface area contributed by atoms with Gasteiger partial charge in [-0.1, -0.05) is 0 Å². The van der Waals surface area contributed by atoms with Crippen molar-refractivity contribution in [2.75, 3.05) is 0 Å². The van der Waals surface area contributed by atoms with Crippen LogP contribution < -0.4 is 0 Å². The van der Waals surface area contributed by atoms with Crippen molar-refractivity contribution in [1.82, 2.24) is 14.7 Å². The minimum Gasteiger partial charge on any atom is -0.332 e. The molecular formula is C11H17N3O. The lowest BCUT2D eigenvalue weighted by Gasteiger charge is -2.20. The second-order valence-corrected chi connectivity index (χ2v) is 5.09. The van der Waals surface area contributed by atoms with Crippen LogP contribution in [0.15, 0.2) is 6.20 Å². The predicted molar refractivity (Wildman–Crippen MR) is 57.2 cm³/mol. The molecule has 82 valence electrons. The second-order valence-electron chi connectivity index (χ2n) is 5.09. The number of nitrogens with zero attached hydrogens (tertiary/aromatic N) is 3. The number of aromatic nitrogens is 2. The summed E-state index contributed by atoms with van der Waals surface area (Å²) in [6.45, 7) is 9.34. The molecule has 0 radical (unpaired) electrons. The van der Waals surface area contributed by atoms with Gasteiger partial charge in [0.15, 0.2) is 0 Å². The number of hydrogen-bond acceptors (Lipinski definition) is 2. The first-order valence-electron chi connectivity index (χ1n) is 5.21. The van der Waals surface area contributed by atoms with Crippen molar-refractivity contribution in [3.05, 3.63) is 17.5 Å². The van der Waals surface area contributed by atoms with Crippen molar-refractivity contribution in [2.24, 2.45) is 0 Å². The van der Waals surface area contributed by atoms with E-state index in [4.69, 9.17) is 0 Å². The molecule has 4 nitrogen and oxygen atoms in total. The SMILES string of the molecule is CC(=O)N1Cc2cn(C(C)(C)C)nc2C1. The number of hydrogen-bond donors (Lipinski definition) is 0. The van der Waals surface area contributed by atoms with Crippen molar-refractivity contribution >= 4 is 5.91 Å². The zero-order valence-corrected chi connectivity index (χ0v) is 9.74. The van der Waals surface area contributed by atoms with Crippen LogP contribution in [0.4, 0.5) is 0 Å². The quantitative estimate of drug-likeness (QED) is 0.646. The second kappa shape index (κ2) is 3.08. The van der Waals surface area contributed by atoms with E-state index < -0.39 is 0 Å². The van der Waals surface area contributed by atoms with Crippen LogP contribution in [0.5, 0.6) is 0 Å². The Morgan fingerprint density at radius 3 is 2.53 bits per heavy atom. The first kappa shape index (κ1) is 10.2. The summed E-state index contributed by atoms with van der Waals surface area (Å²) in [5, 5.41) is 4.52. The molecule has 0 N–H and O–H groups in total. The Balaban J connectivity index is 2.23. The molecular weight excluding hydrogens is 190 g/mol. The minimum absolute atomic E-state index is 0.0192. The van der Waals surface area contributed by atoms with Gasteiger partial charge in [-0.15, -0.1) is 0 Å². The van der Waals surface area contributed by atoms with E-state index >= 15 is 0 Å². The molecule has 2 heterocycles. The summed E-state index contributed by atoms with van der Waals surface area (Å²) in [4.78, 5) is 13.0.